The smallest absolute Gasteiger partial charge is 0.0108 e. The van der Waals surface area contributed by atoms with Gasteiger partial charge in [-0.25, -0.2) is 0 Å². The average Bonchev–Trinajstić information content (AvgIpc) is 2.41. The molecule has 0 aliphatic carbocycles. The highest BCUT2D eigenvalue weighted by Crippen LogP contribution is 2.18. The SMILES string of the molecule is CCCc1ccc(C(C)CN2CCNCC2)cc1. The van der Waals surface area contributed by atoms with E-state index in [0.29, 0.717) is 5.92 Å². The van der Waals surface area contributed by atoms with E-state index >= 15 is 0 Å². The summed E-state index contributed by atoms with van der Waals surface area (Å²) in [6.45, 7) is 10.4. The van der Waals surface area contributed by atoms with Gasteiger partial charge < -0.3 is 10.2 Å². The fraction of sp³-hybridized carbons (Fsp3) is 0.625. The quantitative estimate of drug-likeness (QED) is 0.859. The third-order valence-electron chi connectivity index (χ3n) is 3.83. The van der Waals surface area contributed by atoms with Gasteiger partial charge in [-0.3, -0.25) is 0 Å². The van der Waals surface area contributed by atoms with Gasteiger partial charge in [0.05, 0.1) is 0 Å². The van der Waals surface area contributed by atoms with Crippen LogP contribution in [-0.4, -0.2) is 37.6 Å². The summed E-state index contributed by atoms with van der Waals surface area (Å²) >= 11 is 0. The molecular formula is C16H26N2. The molecule has 1 aliphatic rings. The number of hydrogen-bond acceptors (Lipinski definition) is 2. The maximum absolute atomic E-state index is 3.41. The van der Waals surface area contributed by atoms with E-state index in [2.05, 4.69) is 48.3 Å². The normalized spacial score (nSPS) is 18.8. The Morgan fingerprint density at radius 3 is 2.44 bits per heavy atom. The van der Waals surface area contributed by atoms with Gasteiger partial charge in [-0.1, -0.05) is 44.5 Å². The van der Waals surface area contributed by atoms with Crippen molar-refractivity contribution in [3.63, 3.8) is 0 Å². The van der Waals surface area contributed by atoms with E-state index in [1.807, 2.05) is 0 Å². The van der Waals surface area contributed by atoms with Crippen LogP contribution in [-0.2, 0) is 6.42 Å². The first kappa shape index (κ1) is 13.6. The molecule has 1 aromatic rings. The maximum Gasteiger partial charge on any atom is 0.0108 e. The lowest BCUT2D eigenvalue weighted by atomic mass is 9.98. The third kappa shape index (κ3) is 3.82. The second-order valence-electron chi connectivity index (χ2n) is 5.44. The minimum absolute atomic E-state index is 0.638. The highest BCUT2D eigenvalue weighted by atomic mass is 15.2. The van der Waals surface area contributed by atoms with Crippen molar-refractivity contribution in [2.75, 3.05) is 32.7 Å². The summed E-state index contributed by atoms with van der Waals surface area (Å²) in [6, 6.07) is 9.23. The number of rotatable bonds is 5. The van der Waals surface area contributed by atoms with Crippen LogP contribution in [0, 0.1) is 0 Å². The monoisotopic (exact) mass is 246 g/mol. The minimum Gasteiger partial charge on any atom is -0.314 e. The Morgan fingerprint density at radius 1 is 1.17 bits per heavy atom. The van der Waals surface area contributed by atoms with Crippen LogP contribution in [0.3, 0.4) is 0 Å². The van der Waals surface area contributed by atoms with Crippen molar-refractivity contribution in [1.29, 1.82) is 0 Å². The van der Waals surface area contributed by atoms with Crippen LogP contribution in [0.4, 0.5) is 0 Å². The van der Waals surface area contributed by atoms with Gasteiger partial charge in [0.2, 0.25) is 0 Å². The van der Waals surface area contributed by atoms with Crippen molar-refractivity contribution in [1.82, 2.24) is 10.2 Å². The molecule has 1 unspecified atom stereocenters. The lowest BCUT2D eigenvalue weighted by molar-refractivity contribution is 0.230. The molecule has 1 aliphatic heterocycles. The Labute approximate surface area is 111 Å². The van der Waals surface area contributed by atoms with E-state index < -0.39 is 0 Å². The first-order valence-corrected chi connectivity index (χ1v) is 7.31. The van der Waals surface area contributed by atoms with Crippen LogP contribution in [0.1, 0.15) is 37.3 Å². The lowest BCUT2D eigenvalue weighted by Gasteiger charge is -2.29. The second kappa shape index (κ2) is 6.91. The van der Waals surface area contributed by atoms with Crippen LogP contribution in [0.15, 0.2) is 24.3 Å². The number of piperazine rings is 1. The Balaban J connectivity index is 1.89. The molecule has 1 aromatic carbocycles. The number of aryl methyl sites for hydroxylation is 1. The molecule has 2 heteroatoms. The number of benzene rings is 1. The molecule has 0 aromatic heterocycles. The van der Waals surface area contributed by atoms with Gasteiger partial charge in [-0.15, -0.1) is 0 Å². The largest absolute Gasteiger partial charge is 0.314 e. The molecule has 0 bridgehead atoms. The first-order valence-electron chi connectivity index (χ1n) is 7.31. The van der Waals surface area contributed by atoms with E-state index in [4.69, 9.17) is 0 Å². The summed E-state index contributed by atoms with van der Waals surface area (Å²) in [5, 5.41) is 3.41. The average molecular weight is 246 g/mol. The van der Waals surface area contributed by atoms with Gasteiger partial charge in [0.1, 0.15) is 0 Å². The standard InChI is InChI=1S/C16H26N2/c1-3-4-15-5-7-16(8-6-15)14(2)13-18-11-9-17-10-12-18/h5-8,14,17H,3-4,9-13H2,1-2H3. The van der Waals surface area contributed by atoms with Crippen molar-refractivity contribution in [2.24, 2.45) is 0 Å². The number of hydrogen-bond donors (Lipinski definition) is 1. The molecular weight excluding hydrogens is 220 g/mol. The van der Waals surface area contributed by atoms with Crippen molar-refractivity contribution < 1.29 is 0 Å². The molecule has 1 atom stereocenters. The summed E-state index contributed by atoms with van der Waals surface area (Å²) in [4.78, 5) is 2.57. The van der Waals surface area contributed by atoms with Crippen LogP contribution in [0.25, 0.3) is 0 Å². The van der Waals surface area contributed by atoms with E-state index in [-0.39, 0.29) is 0 Å². The van der Waals surface area contributed by atoms with E-state index in [1.54, 1.807) is 0 Å². The molecule has 0 saturated carbocycles. The first-order chi connectivity index (χ1) is 8.79. The highest BCUT2D eigenvalue weighted by molar-refractivity contribution is 5.25. The minimum atomic E-state index is 0.638. The van der Waals surface area contributed by atoms with Crippen molar-refractivity contribution in [3.8, 4) is 0 Å². The summed E-state index contributed by atoms with van der Waals surface area (Å²) in [5.41, 5.74) is 2.95. The van der Waals surface area contributed by atoms with Crippen LogP contribution >= 0.6 is 0 Å². The molecule has 1 fully saturated rings. The third-order valence-corrected chi connectivity index (χ3v) is 3.83. The van der Waals surface area contributed by atoms with Gasteiger partial charge in [0.15, 0.2) is 0 Å². The molecule has 2 nitrogen and oxygen atoms in total. The summed E-state index contributed by atoms with van der Waals surface area (Å²) in [6.07, 6.45) is 2.43. The zero-order valence-corrected chi connectivity index (χ0v) is 11.8. The topological polar surface area (TPSA) is 15.3 Å². The molecule has 0 amide bonds. The molecule has 1 saturated heterocycles. The molecule has 2 rings (SSSR count). The number of nitrogens with one attached hydrogen (secondary N) is 1. The van der Waals surface area contributed by atoms with Crippen molar-refractivity contribution >= 4 is 0 Å². The number of nitrogens with zero attached hydrogens (tertiary/aromatic N) is 1. The molecule has 0 spiro atoms. The van der Waals surface area contributed by atoms with Gasteiger partial charge in [-0.05, 0) is 23.5 Å². The lowest BCUT2D eigenvalue weighted by Crippen LogP contribution is -2.44. The van der Waals surface area contributed by atoms with Crippen LogP contribution in [0.2, 0.25) is 0 Å². The second-order valence-corrected chi connectivity index (χ2v) is 5.44. The Kier molecular flexibility index (Phi) is 5.21. The van der Waals surface area contributed by atoms with Crippen molar-refractivity contribution in [2.45, 2.75) is 32.6 Å². The fourth-order valence-electron chi connectivity index (χ4n) is 2.69. The molecule has 1 N–H and O–H groups in total. The zero-order valence-electron chi connectivity index (χ0n) is 11.8. The Morgan fingerprint density at radius 2 is 1.83 bits per heavy atom. The summed E-state index contributed by atoms with van der Waals surface area (Å²) in [5.74, 6) is 0.638. The van der Waals surface area contributed by atoms with Gasteiger partial charge in [0, 0.05) is 32.7 Å². The summed E-state index contributed by atoms with van der Waals surface area (Å²) in [7, 11) is 0. The van der Waals surface area contributed by atoms with Crippen LogP contribution in [0.5, 0.6) is 0 Å². The molecule has 0 radical (unpaired) electrons. The molecule has 18 heavy (non-hydrogen) atoms. The van der Waals surface area contributed by atoms with E-state index in [9.17, 15) is 0 Å². The summed E-state index contributed by atoms with van der Waals surface area (Å²) < 4.78 is 0. The Bertz CT molecular complexity index is 339. The van der Waals surface area contributed by atoms with Crippen LogP contribution < -0.4 is 5.32 Å². The highest BCUT2D eigenvalue weighted by Gasteiger charge is 2.14. The van der Waals surface area contributed by atoms with Gasteiger partial charge in [-0.2, -0.15) is 0 Å². The molecule has 100 valence electrons. The maximum atomic E-state index is 3.41. The Hall–Kier alpha value is -0.860. The van der Waals surface area contributed by atoms with E-state index in [1.165, 1.54) is 43.6 Å². The predicted octanol–water partition coefficient (Wildman–Crippen LogP) is 2.65. The van der Waals surface area contributed by atoms with Gasteiger partial charge >= 0.3 is 0 Å². The zero-order chi connectivity index (χ0) is 12.8. The van der Waals surface area contributed by atoms with Crippen molar-refractivity contribution in [3.05, 3.63) is 35.4 Å². The fourth-order valence-corrected chi connectivity index (χ4v) is 2.69. The van der Waals surface area contributed by atoms with Gasteiger partial charge in [0.25, 0.3) is 0 Å². The van der Waals surface area contributed by atoms with E-state index in [0.717, 1.165) is 13.1 Å². The predicted molar refractivity (Wildman–Crippen MR) is 78.2 cm³/mol. The molecule has 1 heterocycles.